The maximum absolute atomic E-state index is 12.8. The third-order valence-corrected chi connectivity index (χ3v) is 5.01. The Labute approximate surface area is 178 Å². The highest BCUT2D eigenvalue weighted by Gasteiger charge is 2.27. The topological polar surface area (TPSA) is 89.3 Å². The van der Waals surface area contributed by atoms with E-state index >= 15 is 0 Å². The Kier molecular flexibility index (Phi) is 5.67. The van der Waals surface area contributed by atoms with E-state index in [0.29, 0.717) is 30.7 Å². The van der Waals surface area contributed by atoms with Gasteiger partial charge in [-0.2, -0.15) is 0 Å². The maximum atomic E-state index is 12.8. The van der Waals surface area contributed by atoms with Gasteiger partial charge < -0.3 is 15.0 Å². The lowest BCUT2D eigenvalue weighted by Gasteiger charge is -2.17. The van der Waals surface area contributed by atoms with E-state index < -0.39 is 11.5 Å². The summed E-state index contributed by atoms with van der Waals surface area (Å²) in [4.78, 5) is 27.2. The summed E-state index contributed by atoms with van der Waals surface area (Å²) in [5.41, 5.74) is 1.06. The van der Waals surface area contributed by atoms with Crippen LogP contribution in [0.15, 0.2) is 53.3 Å². The van der Waals surface area contributed by atoms with Crippen LogP contribution in [0.2, 0.25) is 5.02 Å². The van der Waals surface area contributed by atoms with Crippen LogP contribution >= 0.6 is 11.6 Å². The third-order valence-electron chi connectivity index (χ3n) is 4.76. The molecule has 30 heavy (non-hydrogen) atoms. The second-order valence-corrected chi connectivity index (χ2v) is 7.13. The molecule has 0 spiro atoms. The molecule has 9 heteroatoms. The monoisotopic (exact) mass is 425 g/mol. The molecule has 4 rings (SSSR count). The molecule has 0 radical (unpaired) electrons. The Morgan fingerprint density at radius 2 is 1.83 bits per heavy atom. The first kappa shape index (κ1) is 19.9. The number of rotatable bonds is 6. The standard InChI is InChI=1S/C21H20ClN5O3/c1-2-30-17-9-7-16(8-10-17)26-11-12-27-20(29)18(24-25-21(26)27)19(28)23-13-14-3-5-15(22)6-4-14/h3-10H,2,11-13H2,1H3,(H,23,28). The quantitative estimate of drug-likeness (QED) is 0.653. The van der Waals surface area contributed by atoms with Crippen molar-refractivity contribution in [3.63, 3.8) is 0 Å². The summed E-state index contributed by atoms with van der Waals surface area (Å²) in [5, 5.41) is 11.4. The van der Waals surface area contributed by atoms with Crippen LogP contribution in [0.3, 0.4) is 0 Å². The summed E-state index contributed by atoms with van der Waals surface area (Å²) in [5.74, 6) is 0.632. The molecule has 0 unspecified atom stereocenters. The lowest BCUT2D eigenvalue weighted by molar-refractivity contribution is 0.0942. The number of amides is 1. The molecule has 0 bridgehead atoms. The molecule has 1 aliphatic heterocycles. The van der Waals surface area contributed by atoms with Crippen LogP contribution < -0.4 is 20.5 Å². The van der Waals surface area contributed by atoms with Crippen molar-refractivity contribution in [3.8, 4) is 5.75 Å². The zero-order chi connectivity index (χ0) is 21.1. The van der Waals surface area contributed by atoms with Crippen molar-refractivity contribution in [1.29, 1.82) is 0 Å². The summed E-state index contributed by atoms with van der Waals surface area (Å²) in [7, 11) is 0. The predicted octanol–water partition coefficient (Wildman–Crippen LogP) is 2.77. The number of benzene rings is 2. The van der Waals surface area contributed by atoms with Gasteiger partial charge in [-0.05, 0) is 48.9 Å². The molecule has 0 atom stereocenters. The van der Waals surface area contributed by atoms with Gasteiger partial charge in [-0.1, -0.05) is 23.7 Å². The lowest BCUT2D eigenvalue weighted by atomic mass is 10.2. The number of carbonyl (C=O) groups excluding carboxylic acids is 1. The molecule has 1 amide bonds. The van der Waals surface area contributed by atoms with Crippen molar-refractivity contribution in [2.24, 2.45) is 0 Å². The second kappa shape index (κ2) is 8.54. The van der Waals surface area contributed by atoms with Gasteiger partial charge in [-0.15, -0.1) is 10.2 Å². The van der Waals surface area contributed by atoms with Crippen molar-refractivity contribution in [2.75, 3.05) is 18.1 Å². The fourth-order valence-corrected chi connectivity index (χ4v) is 3.38. The van der Waals surface area contributed by atoms with Gasteiger partial charge in [0.25, 0.3) is 11.5 Å². The number of anilines is 2. The van der Waals surface area contributed by atoms with Gasteiger partial charge in [0.15, 0.2) is 0 Å². The van der Waals surface area contributed by atoms with Gasteiger partial charge in [-0.25, -0.2) is 0 Å². The molecule has 1 aliphatic rings. The van der Waals surface area contributed by atoms with Crippen molar-refractivity contribution in [3.05, 3.63) is 75.2 Å². The van der Waals surface area contributed by atoms with E-state index in [4.69, 9.17) is 16.3 Å². The predicted molar refractivity (Wildman–Crippen MR) is 114 cm³/mol. The maximum Gasteiger partial charge on any atom is 0.286 e. The largest absolute Gasteiger partial charge is 0.494 e. The molecule has 1 aromatic heterocycles. The normalized spacial score (nSPS) is 12.5. The van der Waals surface area contributed by atoms with Gasteiger partial charge in [0.05, 0.1) is 6.61 Å². The van der Waals surface area contributed by atoms with Crippen molar-refractivity contribution in [1.82, 2.24) is 20.1 Å². The van der Waals surface area contributed by atoms with E-state index in [0.717, 1.165) is 17.0 Å². The number of hydrogen-bond donors (Lipinski definition) is 1. The zero-order valence-corrected chi connectivity index (χ0v) is 17.1. The lowest BCUT2D eigenvalue weighted by Crippen LogP contribution is -2.34. The molecule has 1 N–H and O–H groups in total. The molecule has 3 aromatic rings. The van der Waals surface area contributed by atoms with Gasteiger partial charge in [0.2, 0.25) is 11.6 Å². The number of hydrogen-bond acceptors (Lipinski definition) is 6. The van der Waals surface area contributed by atoms with Crippen molar-refractivity contribution in [2.45, 2.75) is 20.0 Å². The van der Waals surface area contributed by atoms with Crippen LogP contribution in [-0.2, 0) is 13.1 Å². The molecule has 0 aliphatic carbocycles. The average molecular weight is 426 g/mol. The van der Waals surface area contributed by atoms with E-state index in [1.807, 2.05) is 36.1 Å². The summed E-state index contributed by atoms with van der Waals surface area (Å²) < 4.78 is 6.94. The Morgan fingerprint density at radius 1 is 1.10 bits per heavy atom. The highest BCUT2D eigenvalue weighted by molar-refractivity contribution is 6.30. The van der Waals surface area contributed by atoms with E-state index in [1.165, 1.54) is 4.57 Å². The molecular weight excluding hydrogens is 406 g/mol. The number of halogens is 1. The Morgan fingerprint density at radius 3 is 2.53 bits per heavy atom. The Balaban J connectivity index is 1.51. The molecule has 0 saturated carbocycles. The Bertz CT molecular complexity index is 1110. The van der Waals surface area contributed by atoms with Crippen LogP contribution in [0.4, 0.5) is 11.6 Å². The van der Waals surface area contributed by atoms with Crippen molar-refractivity contribution < 1.29 is 9.53 Å². The smallest absolute Gasteiger partial charge is 0.286 e. The van der Waals surface area contributed by atoms with Gasteiger partial charge >= 0.3 is 0 Å². The minimum absolute atomic E-state index is 0.221. The first-order valence-electron chi connectivity index (χ1n) is 9.57. The average Bonchev–Trinajstić information content (AvgIpc) is 3.19. The highest BCUT2D eigenvalue weighted by Crippen LogP contribution is 2.28. The van der Waals surface area contributed by atoms with Crippen LogP contribution in [0.1, 0.15) is 23.0 Å². The summed E-state index contributed by atoms with van der Waals surface area (Å²) in [6, 6.07) is 14.6. The number of nitrogens with zero attached hydrogens (tertiary/aromatic N) is 4. The minimum atomic E-state index is -0.558. The zero-order valence-electron chi connectivity index (χ0n) is 16.3. The van der Waals surface area contributed by atoms with Gasteiger partial charge in [-0.3, -0.25) is 14.2 Å². The number of carbonyl (C=O) groups is 1. The molecule has 2 aromatic carbocycles. The Hall–Kier alpha value is -3.39. The molecular formula is C21H20ClN5O3. The SMILES string of the molecule is CCOc1ccc(N2CCn3c2nnc(C(=O)NCc2ccc(Cl)cc2)c3=O)cc1. The van der Waals surface area contributed by atoms with E-state index in [2.05, 4.69) is 15.5 Å². The molecule has 2 heterocycles. The van der Waals surface area contributed by atoms with E-state index in [9.17, 15) is 9.59 Å². The number of aromatic nitrogens is 3. The fraction of sp³-hybridized carbons (Fsp3) is 0.238. The minimum Gasteiger partial charge on any atom is -0.494 e. The van der Waals surface area contributed by atoms with E-state index in [-0.39, 0.29) is 12.2 Å². The van der Waals surface area contributed by atoms with Crippen LogP contribution in [0, 0.1) is 0 Å². The number of fused-ring (bicyclic) bond motifs is 1. The van der Waals surface area contributed by atoms with Crippen LogP contribution in [0.25, 0.3) is 0 Å². The van der Waals surface area contributed by atoms with Gasteiger partial charge in [0.1, 0.15) is 5.75 Å². The molecule has 8 nitrogen and oxygen atoms in total. The summed E-state index contributed by atoms with van der Waals surface area (Å²) >= 11 is 5.86. The summed E-state index contributed by atoms with van der Waals surface area (Å²) in [6.07, 6.45) is 0. The summed E-state index contributed by atoms with van der Waals surface area (Å²) in [6.45, 7) is 3.77. The second-order valence-electron chi connectivity index (χ2n) is 6.69. The van der Waals surface area contributed by atoms with Crippen LogP contribution in [0.5, 0.6) is 5.75 Å². The molecule has 154 valence electrons. The first-order chi connectivity index (χ1) is 14.6. The fourth-order valence-electron chi connectivity index (χ4n) is 3.26. The third kappa shape index (κ3) is 3.99. The number of ether oxygens (including phenoxy) is 1. The molecule has 0 saturated heterocycles. The first-order valence-corrected chi connectivity index (χ1v) is 9.95. The van der Waals surface area contributed by atoms with E-state index in [1.54, 1.807) is 24.3 Å². The molecule has 0 fully saturated rings. The number of nitrogens with one attached hydrogen (secondary N) is 1. The van der Waals surface area contributed by atoms with Crippen LogP contribution in [-0.4, -0.2) is 33.8 Å². The van der Waals surface area contributed by atoms with Crippen molar-refractivity contribution >= 4 is 29.1 Å². The highest BCUT2D eigenvalue weighted by atomic mass is 35.5. The van der Waals surface area contributed by atoms with Gasteiger partial charge in [0, 0.05) is 30.3 Å².